The van der Waals surface area contributed by atoms with Crippen LogP contribution in [-0.4, -0.2) is 26.2 Å². The summed E-state index contributed by atoms with van der Waals surface area (Å²) in [5.74, 6) is -0.473. The monoisotopic (exact) mass is 718 g/mol. The number of allylic oxidation sites excluding steroid dienone is 1. The molecule has 52 heavy (non-hydrogen) atoms. The number of hydrogen-bond donors (Lipinski definition) is 0. The Labute approximate surface area is 307 Å². The van der Waals surface area contributed by atoms with Gasteiger partial charge in [0.05, 0.1) is 14.2 Å². The summed E-state index contributed by atoms with van der Waals surface area (Å²) in [6, 6.07) is 23.3. The summed E-state index contributed by atoms with van der Waals surface area (Å²) in [7, 11) is -1.81. The van der Waals surface area contributed by atoms with Gasteiger partial charge in [0, 0.05) is 34.2 Å². The van der Waals surface area contributed by atoms with Gasteiger partial charge < -0.3 is 23.4 Å². The average molecular weight is 719 g/mol. The summed E-state index contributed by atoms with van der Waals surface area (Å²) in [4.78, 5) is 45.1. The highest BCUT2D eigenvalue weighted by molar-refractivity contribution is 7.60. The summed E-state index contributed by atoms with van der Waals surface area (Å²) >= 11 is 0. The zero-order valence-corrected chi connectivity index (χ0v) is 32.6. The first kappa shape index (κ1) is 35.9. The van der Waals surface area contributed by atoms with E-state index in [-0.39, 0.29) is 10.8 Å². The normalized spacial score (nSPS) is 18.2. The van der Waals surface area contributed by atoms with Crippen LogP contribution in [0.25, 0.3) is 5.57 Å². The molecule has 0 spiro atoms. The smallest absolute Gasteiger partial charge is 0.343 e. The third kappa shape index (κ3) is 5.39. The molecule has 0 saturated heterocycles. The maximum atomic E-state index is 16.6. The first-order valence-corrected chi connectivity index (χ1v) is 19.4. The van der Waals surface area contributed by atoms with Crippen molar-refractivity contribution in [3.63, 3.8) is 0 Å². The van der Waals surface area contributed by atoms with Gasteiger partial charge in [-0.2, -0.15) is 0 Å². The second-order valence-corrected chi connectivity index (χ2v) is 18.4. The highest BCUT2D eigenvalue weighted by atomic mass is 31.2. The van der Waals surface area contributed by atoms with E-state index >= 15 is 4.89 Å². The van der Waals surface area contributed by atoms with Crippen LogP contribution in [0.4, 0.5) is 0 Å². The lowest BCUT2D eigenvalue weighted by Crippen LogP contribution is -2.49. The van der Waals surface area contributed by atoms with Crippen LogP contribution in [0.5, 0.6) is 11.5 Å². The molecule has 1 heterocycles. The minimum atomic E-state index is -4.35. The van der Waals surface area contributed by atoms with E-state index in [0.29, 0.717) is 52.2 Å². The second kappa shape index (κ2) is 12.3. The number of carbonyl (C=O) groups excluding carboxylic acids is 2. The van der Waals surface area contributed by atoms with Crippen molar-refractivity contribution in [2.45, 2.75) is 90.1 Å². The highest BCUT2D eigenvalue weighted by Gasteiger charge is 2.64. The standard InChI is InChI=1S/C44H47O7P/c1-25-19-28-23-29-20-26(2)22-35(43(6,7)8)38(29)51-52(47,50-37(28)34(21-25)42(3,4)5)39-31-17-13-12-16-30(31)36-32(39)24-27-15-11-14-18-33(27)44(36,40(45)48-9)41(46)49-10/h11-22,39H,23-24H2,1-10H3. The van der Waals surface area contributed by atoms with E-state index in [9.17, 15) is 9.59 Å². The largest absolute Gasteiger partial charge is 0.616 e. The fourth-order valence-corrected chi connectivity index (χ4v) is 10.9. The number of ether oxygens (including phenoxy) is 2. The third-order valence-electron chi connectivity index (χ3n) is 10.7. The number of aryl methyl sites for hydroxylation is 2. The predicted molar refractivity (Wildman–Crippen MR) is 203 cm³/mol. The molecule has 4 aromatic rings. The number of esters is 2. The van der Waals surface area contributed by atoms with Gasteiger partial charge in [0.25, 0.3) is 0 Å². The lowest BCUT2D eigenvalue weighted by Gasteiger charge is -2.40. The summed E-state index contributed by atoms with van der Waals surface area (Å²) in [5.41, 5.74) is 5.67. The molecule has 0 N–H and O–H groups in total. The molecule has 1 aliphatic heterocycles. The molecule has 1 unspecified atom stereocenters. The molecule has 7 nitrogen and oxygen atoms in total. The molecular formula is C44H47O7P. The van der Waals surface area contributed by atoms with Crippen LogP contribution in [-0.2, 0) is 48.1 Å². The topological polar surface area (TPSA) is 94.1 Å². The average Bonchev–Trinajstić information content (AvgIpc) is 3.42. The first-order valence-electron chi connectivity index (χ1n) is 17.8. The van der Waals surface area contributed by atoms with Crippen molar-refractivity contribution < 1.29 is 33.0 Å². The molecule has 270 valence electrons. The van der Waals surface area contributed by atoms with Crippen LogP contribution in [0, 0.1) is 13.8 Å². The van der Waals surface area contributed by atoms with Crippen molar-refractivity contribution in [1.29, 1.82) is 0 Å². The van der Waals surface area contributed by atoms with Gasteiger partial charge in [-0.15, -0.1) is 0 Å². The second-order valence-electron chi connectivity index (χ2n) is 16.5. The summed E-state index contributed by atoms with van der Waals surface area (Å²) in [6.07, 6.45) is 0.827. The van der Waals surface area contributed by atoms with Crippen LogP contribution >= 0.6 is 7.94 Å². The number of methoxy groups -OCH3 is 2. The van der Waals surface area contributed by atoms with Crippen molar-refractivity contribution in [1.82, 2.24) is 0 Å². The summed E-state index contributed by atoms with van der Waals surface area (Å²) in [6.45, 7) is 16.9. The van der Waals surface area contributed by atoms with Crippen molar-refractivity contribution in [2.24, 2.45) is 0 Å². The van der Waals surface area contributed by atoms with Gasteiger partial charge >= 0.3 is 19.9 Å². The molecule has 0 radical (unpaired) electrons. The fourth-order valence-electron chi connectivity index (χ4n) is 8.52. The van der Waals surface area contributed by atoms with Crippen LogP contribution in [0.1, 0.15) is 103 Å². The highest BCUT2D eigenvalue weighted by Crippen LogP contribution is 2.74. The van der Waals surface area contributed by atoms with E-state index in [1.807, 2.05) is 36.4 Å². The Morgan fingerprint density at radius 1 is 0.731 bits per heavy atom. The predicted octanol–water partition coefficient (Wildman–Crippen LogP) is 8.73. The molecular weight excluding hydrogens is 671 g/mol. The zero-order chi connectivity index (χ0) is 37.5. The number of carbonyl (C=O) groups is 2. The number of rotatable bonds is 3. The van der Waals surface area contributed by atoms with Crippen LogP contribution in [0.3, 0.4) is 0 Å². The molecule has 8 heteroatoms. The molecule has 2 aliphatic carbocycles. The molecule has 0 amide bonds. The molecule has 0 aromatic heterocycles. The van der Waals surface area contributed by atoms with Crippen molar-refractivity contribution in [3.8, 4) is 11.5 Å². The van der Waals surface area contributed by atoms with Crippen LogP contribution in [0.15, 0.2) is 78.4 Å². The first-order chi connectivity index (χ1) is 24.4. The molecule has 0 bridgehead atoms. The zero-order valence-electron chi connectivity index (χ0n) is 31.7. The van der Waals surface area contributed by atoms with Gasteiger partial charge in [-0.3, -0.25) is 9.59 Å². The van der Waals surface area contributed by atoms with E-state index in [0.717, 1.165) is 38.9 Å². The molecule has 0 saturated carbocycles. The van der Waals surface area contributed by atoms with E-state index < -0.39 is 31.0 Å². The minimum absolute atomic E-state index is 0.303. The Balaban J connectivity index is 1.60. The molecule has 1 atom stereocenters. The van der Waals surface area contributed by atoms with Gasteiger partial charge in [-0.25, -0.2) is 0 Å². The van der Waals surface area contributed by atoms with Crippen molar-refractivity contribution >= 4 is 25.5 Å². The van der Waals surface area contributed by atoms with Gasteiger partial charge in [0.2, 0.25) is 5.41 Å². The van der Waals surface area contributed by atoms with E-state index in [2.05, 4.69) is 79.7 Å². The van der Waals surface area contributed by atoms with E-state index in [4.69, 9.17) is 18.5 Å². The lowest BCUT2D eigenvalue weighted by atomic mass is 9.65. The Bertz CT molecular complexity index is 2090. The Morgan fingerprint density at radius 2 is 1.23 bits per heavy atom. The van der Waals surface area contributed by atoms with E-state index in [1.54, 1.807) is 12.1 Å². The maximum absolute atomic E-state index is 16.6. The molecule has 0 fully saturated rings. The third-order valence-corrected chi connectivity index (χ3v) is 12.8. The van der Waals surface area contributed by atoms with Gasteiger partial charge in [-0.05, 0) is 58.9 Å². The lowest BCUT2D eigenvalue weighted by molar-refractivity contribution is -0.205. The number of hydrogen-bond acceptors (Lipinski definition) is 7. The van der Waals surface area contributed by atoms with Crippen molar-refractivity contribution in [3.05, 3.63) is 134 Å². The molecule has 4 aromatic carbocycles. The molecule has 3 aliphatic rings. The van der Waals surface area contributed by atoms with E-state index in [1.165, 1.54) is 14.2 Å². The maximum Gasteiger partial charge on any atom is 0.343 e. The Hall–Kier alpha value is -4.45. The Morgan fingerprint density at radius 3 is 1.75 bits per heavy atom. The quantitative estimate of drug-likeness (QED) is 0.119. The SMILES string of the molecule is COC(=O)C1(C(=O)OC)C2=C(Cc3ccccc31)C([P+]1([O-])Oc3c(cc(C)cc3C(C)(C)C)Cc3cc(C)cc(C(C)(C)C)c3O1)c1ccccc12. The Kier molecular flexibility index (Phi) is 8.51. The molecule has 7 rings (SSSR count). The summed E-state index contributed by atoms with van der Waals surface area (Å²) < 4.78 is 25.1. The minimum Gasteiger partial charge on any atom is -0.616 e. The number of benzene rings is 4. The van der Waals surface area contributed by atoms with Gasteiger partial charge in [0.15, 0.2) is 17.2 Å². The van der Waals surface area contributed by atoms with Gasteiger partial charge in [0.1, 0.15) is 0 Å². The van der Waals surface area contributed by atoms with Crippen LogP contribution < -0.4 is 13.9 Å². The fraction of sp³-hybridized carbons (Fsp3) is 0.364. The summed E-state index contributed by atoms with van der Waals surface area (Å²) in [5, 5.41) is 0. The van der Waals surface area contributed by atoms with Crippen molar-refractivity contribution in [2.75, 3.05) is 14.2 Å². The number of fused-ring (bicyclic) bond motifs is 5. The van der Waals surface area contributed by atoms with Gasteiger partial charge in [-0.1, -0.05) is 125 Å². The van der Waals surface area contributed by atoms with Crippen LogP contribution in [0.2, 0.25) is 0 Å².